The summed E-state index contributed by atoms with van der Waals surface area (Å²) in [5.41, 5.74) is 0. The fourth-order valence-corrected chi connectivity index (χ4v) is 11.7. The lowest BCUT2D eigenvalue weighted by molar-refractivity contribution is -0.303. The molecule has 1 aliphatic heterocycles. The zero-order valence-corrected chi connectivity index (χ0v) is 54.2. The lowest BCUT2D eigenvalue weighted by atomic mass is 9.98. The number of ether oxygens (including phenoxy) is 2. The van der Waals surface area contributed by atoms with Crippen LogP contribution >= 0.6 is 0 Å². The Hall–Kier alpha value is -1.67. The molecule has 0 aromatic heterocycles. The molecule has 1 amide bonds. The van der Waals surface area contributed by atoms with Gasteiger partial charge in [0.05, 0.1) is 25.4 Å². The summed E-state index contributed by atoms with van der Waals surface area (Å²) in [7, 11) is 0. The van der Waals surface area contributed by atoms with E-state index in [0.29, 0.717) is 19.3 Å². The Morgan fingerprint density at radius 3 is 1.07 bits per heavy atom. The normalized spacial score (nSPS) is 19.2. The Bertz CT molecular complexity index is 1440. The quantitative estimate of drug-likeness (QED) is 0.0215. The monoisotopic (exact) mass is 1180 g/mol. The van der Waals surface area contributed by atoms with Crippen molar-refractivity contribution in [2.24, 2.45) is 0 Å². The van der Waals surface area contributed by atoms with Crippen LogP contribution in [0.4, 0.5) is 0 Å². The highest BCUT2D eigenvalue weighted by atomic mass is 16.7. The van der Waals surface area contributed by atoms with Gasteiger partial charge >= 0.3 is 0 Å². The molecule has 1 saturated heterocycles. The fourth-order valence-electron chi connectivity index (χ4n) is 11.7. The summed E-state index contributed by atoms with van der Waals surface area (Å²) in [6.07, 6.45) is 66.7. The molecule has 83 heavy (non-hydrogen) atoms. The topological polar surface area (TPSA) is 189 Å². The predicted octanol–water partition coefficient (Wildman–Crippen LogP) is 17.4. The van der Waals surface area contributed by atoms with Crippen LogP contribution in [0, 0.1) is 0 Å². The number of nitrogens with one attached hydrogen (secondary N) is 1. The maximum Gasteiger partial charge on any atom is 0.249 e. The van der Waals surface area contributed by atoms with Crippen molar-refractivity contribution in [3.63, 3.8) is 0 Å². The van der Waals surface area contributed by atoms with E-state index in [1.165, 1.54) is 257 Å². The number of hydrogen-bond donors (Lipinski definition) is 8. The minimum absolute atomic E-state index is 0.243. The Kier molecular flexibility index (Phi) is 57.9. The largest absolute Gasteiger partial charge is 0.394 e. The molecule has 490 valence electrons. The van der Waals surface area contributed by atoms with Gasteiger partial charge in [0.25, 0.3) is 0 Å². The molecule has 11 nitrogen and oxygen atoms in total. The number of aliphatic hydroxyl groups excluding tert-OH is 7. The van der Waals surface area contributed by atoms with Crippen molar-refractivity contribution in [2.75, 3.05) is 13.2 Å². The van der Waals surface area contributed by atoms with Gasteiger partial charge in [-0.1, -0.05) is 320 Å². The number of allylic oxidation sites excluding steroid dienone is 6. The fraction of sp³-hybridized carbons (Fsp3) is 0.903. The molecule has 9 atom stereocenters. The number of hydrogen-bond acceptors (Lipinski definition) is 10. The maximum absolute atomic E-state index is 13.2. The lowest BCUT2D eigenvalue weighted by Gasteiger charge is -2.40. The summed E-state index contributed by atoms with van der Waals surface area (Å²) in [5.74, 6) is -0.706. The number of carbonyl (C=O) groups is 1. The Balaban J connectivity index is 2.23. The van der Waals surface area contributed by atoms with Crippen molar-refractivity contribution in [3.8, 4) is 0 Å². The second-order valence-corrected chi connectivity index (χ2v) is 25.3. The van der Waals surface area contributed by atoms with E-state index in [0.717, 1.165) is 44.9 Å². The van der Waals surface area contributed by atoms with E-state index < -0.39 is 74.2 Å². The first kappa shape index (κ1) is 79.3. The average molecular weight is 1180 g/mol. The number of unbranched alkanes of at least 4 members (excludes halogenated alkanes) is 45. The van der Waals surface area contributed by atoms with Gasteiger partial charge in [-0.2, -0.15) is 0 Å². The Morgan fingerprint density at radius 1 is 0.410 bits per heavy atom. The average Bonchev–Trinajstić information content (AvgIpc) is 3.69. The summed E-state index contributed by atoms with van der Waals surface area (Å²) in [6.45, 7) is 3.49. The third-order valence-corrected chi connectivity index (χ3v) is 17.4. The Morgan fingerprint density at radius 2 is 0.723 bits per heavy atom. The van der Waals surface area contributed by atoms with E-state index >= 15 is 0 Å². The maximum atomic E-state index is 13.2. The van der Waals surface area contributed by atoms with Crippen molar-refractivity contribution in [3.05, 3.63) is 36.5 Å². The van der Waals surface area contributed by atoms with E-state index in [4.69, 9.17) is 9.47 Å². The first-order chi connectivity index (χ1) is 40.7. The molecule has 1 aliphatic rings. The van der Waals surface area contributed by atoms with Crippen molar-refractivity contribution in [2.45, 2.75) is 403 Å². The van der Waals surface area contributed by atoms with Crippen LogP contribution in [0.3, 0.4) is 0 Å². The van der Waals surface area contributed by atoms with Crippen LogP contribution in [0.15, 0.2) is 36.5 Å². The van der Waals surface area contributed by atoms with Crippen LogP contribution < -0.4 is 5.32 Å². The van der Waals surface area contributed by atoms with Gasteiger partial charge in [-0.15, -0.1) is 0 Å². The van der Waals surface area contributed by atoms with E-state index in [2.05, 4.69) is 55.6 Å². The van der Waals surface area contributed by atoms with Crippen LogP contribution in [0.5, 0.6) is 0 Å². The molecule has 8 N–H and O–H groups in total. The number of rotatable bonds is 63. The predicted molar refractivity (Wildman–Crippen MR) is 349 cm³/mol. The second-order valence-electron chi connectivity index (χ2n) is 25.3. The molecule has 0 aromatic carbocycles. The standard InChI is InChI=1S/C72H137NO10/c1-3-5-7-9-11-13-15-17-19-21-23-25-27-29-30-31-32-33-34-35-36-38-39-41-43-45-47-49-51-53-55-57-59-64(75)67(77)63(62-82-72-70(80)69(79)68(78)66(61-74)83-72)73-71(81)65(76)60-58-56-54-52-50-48-46-44-42-40-37-28-26-24-22-20-18-16-14-12-10-8-6-4-2/h36,38,43,45,51,53,63-70,72,74-80H,3-35,37,39-42,44,46-50,52,54-62H2,1-2H3,(H,73,81)/b38-36+,45-43+,53-51+. The molecule has 0 aliphatic carbocycles. The number of amides is 1. The molecule has 1 rings (SSSR count). The zero-order chi connectivity index (χ0) is 60.3. The first-order valence-electron chi connectivity index (χ1n) is 35.9. The molecule has 0 saturated carbocycles. The van der Waals surface area contributed by atoms with E-state index in [1.807, 2.05) is 0 Å². The van der Waals surface area contributed by atoms with Gasteiger partial charge in [0.15, 0.2) is 6.29 Å². The summed E-state index contributed by atoms with van der Waals surface area (Å²) in [5, 5.41) is 76.5. The minimum Gasteiger partial charge on any atom is -0.394 e. The molecular formula is C72H137NO10. The summed E-state index contributed by atoms with van der Waals surface area (Å²) in [4.78, 5) is 13.2. The summed E-state index contributed by atoms with van der Waals surface area (Å²) < 4.78 is 11.2. The highest BCUT2D eigenvalue weighted by Gasteiger charge is 2.44. The van der Waals surface area contributed by atoms with Gasteiger partial charge in [-0.25, -0.2) is 0 Å². The third kappa shape index (κ3) is 48.0. The highest BCUT2D eigenvalue weighted by molar-refractivity contribution is 5.80. The van der Waals surface area contributed by atoms with Crippen molar-refractivity contribution < 1.29 is 50.0 Å². The molecule has 0 radical (unpaired) electrons. The molecule has 0 aromatic rings. The van der Waals surface area contributed by atoms with Crippen LogP contribution in [0.2, 0.25) is 0 Å². The smallest absolute Gasteiger partial charge is 0.249 e. The van der Waals surface area contributed by atoms with Gasteiger partial charge in [0, 0.05) is 0 Å². The van der Waals surface area contributed by atoms with E-state index in [9.17, 15) is 40.5 Å². The minimum atomic E-state index is -1.67. The van der Waals surface area contributed by atoms with Gasteiger partial charge < -0.3 is 50.5 Å². The van der Waals surface area contributed by atoms with Crippen molar-refractivity contribution in [1.82, 2.24) is 5.32 Å². The van der Waals surface area contributed by atoms with E-state index in [1.54, 1.807) is 0 Å². The summed E-state index contributed by atoms with van der Waals surface area (Å²) in [6, 6.07) is -1.19. The van der Waals surface area contributed by atoms with Crippen LogP contribution in [-0.2, 0) is 14.3 Å². The van der Waals surface area contributed by atoms with Crippen LogP contribution in [0.25, 0.3) is 0 Å². The van der Waals surface area contributed by atoms with Gasteiger partial charge in [-0.05, 0) is 64.2 Å². The molecule has 11 heteroatoms. The summed E-state index contributed by atoms with van der Waals surface area (Å²) >= 11 is 0. The van der Waals surface area contributed by atoms with Gasteiger partial charge in [0.2, 0.25) is 5.91 Å². The SMILES string of the molecule is CCCCCCCCCCCCCCCCCCCCC/C=C/CC/C=C/CC/C=C/CCCC(O)C(O)C(COC1OC(CO)C(O)C(O)C1O)NC(=O)C(O)CCCCCCCCCCCCCCCCCCCCCCCCCC. The van der Waals surface area contributed by atoms with Crippen LogP contribution in [-0.4, -0.2) is 110 Å². The van der Waals surface area contributed by atoms with Gasteiger partial charge in [-0.3, -0.25) is 4.79 Å². The Labute approximate surface area is 511 Å². The molecule has 1 heterocycles. The lowest BCUT2D eigenvalue weighted by Crippen LogP contribution is -2.60. The van der Waals surface area contributed by atoms with Crippen molar-refractivity contribution >= 4 is 5.91 Å². The van der Waals surface area contributed by atoms with Gasteiger partial charge in [0.1, 0.15) is 36.6 Å². The first-order valence-corrected chi connectivity index (χ1v) is 35.9. The third-order valence-electron chi connectivity index (χ3n) is 17.4. The van der Waals surface area contributed by atoms with Crippen LogP contribution in [0.1, 0.15) is 348 Å². The molecule has 9 unspecified atom stereocenters. The molecule has 0 bridgehead atoms. The zero-order valence-electron chi connectivity index (χ0n) is 54.2. The molecular weight excluding hydrogens is 1040 g/mol. The molecule has 0 spiro atoms. The number of aliphatic hydroxyl groups is 7. The molecule has 1 fully saturated rings. The highest BCUT2D eigenvalue weighted by Crippen LogP contribution is 2.24. The van der Waals surface area contributed by atoms with E-state index in [-0.39, 0.29) is 12.8 Å². The number of carbonyl (C=O) groups excluding carboxylic acids is 1. The van der Waals surface area contributed by atoms with Crippen molar-refractivity contribution in [1.29, 1.82) is 0 Å². The second kappa shape index (κ2) is 60.6.